The van der Waals surface area contributed by atoms with E-state index >= 15 is 0 Å². The Morgan fingerprint density at radius 2 is 1.88 bits per heavy atom. The lowest BCUT2D eigenvalue weighted by Crippen LogP contribution is -2.56. The highest BCUT2D eigenvalue weighted by molar-refractivity contribution is 6.33. The fourth-order valence-electron chi connectivity index (χ4n) is 1.86. The molecule has 86 valence electrons. The molecular formula is C11H10Cl3NO. The minimum atomic E-state index is -0.482. The standard InChI is InChI=1S/C11H10Cl3NO/c12-5-6-15-10(9(14)11(15)16)7-1-3-8(13)4-2-7/h1-4,9-10H,5-6H2/t9-,10-/m1/s1. The van der Waals surface area contributed by atoms with Crippen molar-refractivity contribution in [1.29, 1.82) is 0 Å². The summed E-state index contributed by atoms with van der Waals surface area (Å²) < 4.78 is 0. The second kappa shape index (κ2) is 4.82. The van der Waals surface area contributed by atoms with E-state index in [-0.39, 0.29) is 11.9 Å². The highest BCUT2D eigenvalue weighted by Gasteiger charge is 2.46. The molecule has 0 N–H and O–H groups in total. The van der Waals surface area contributed by atoms with E-state index in [2.05, 4.69) is 0 Å². The molecule has 0 saturated carbocycles. The quantitative estimate of drug-likeness (QED) is 0.615. The first kappa shape index (κ1) is 12.0. The topological polar surface area (TPSA) is 20.3 Å². The van der Waals surface area contributed by atoms with Gasteiger partial charge in [-0.2, -0.15) is 0 Å². The number of carbonyl (C=O) groups excluding carboxylic acids is 1. The lowest BCUT2D eigenvalue weighted by atomic mass is 9.93. The number of likely N-dealkylation sites (tertiary alicyclic amines) is 1. The van der Waals surface area contributed by atoms with Crippen LogP contribution < -0.4 is 0 Å². The molecule has 1 amide bonds. The maximum Gasteiger partial charge on any atom is 0.243 e. The minimum Gasteiger partial charge on any atom is -0.331 e. The number of hydrogen-bond acceptors (Lipinski definition) is 1. The van der Waals surface area contributed by atoms with Crippen LogP contribution in [0.25, 0.3) is 0 Å². The third-order valence-corrected chi connectivity index (χ3v) is 3.52. The SMILES string of the molecule is O=C1[C@H](Cl)[C@@H](c2ccc(Cl)cc2)N1CCCl. The van der Waals surface area contributed by atoms with E-state index < -0.39 is 5.38 Å². The second-order valence-corrected chi connectivity index (χ2v) is 4.90. The van der Waals surface area contributed by atoms with Gasteiger partial charge in [-0.3, -0.25) is 4.79 Å². The van der Waals surface area contributed by atoms with Gasteiger partial charge in [-0.05, 0) is 17.7 Å². The van der Waals surface area contributed by atoms with Crippen LogP contribution in [0.3, 0.4) is 0 Å². The van der Waals surface area contributed by atoms with Crippen LogP contribution in [0.2, 0.25) is 5.02 Å². The van der Waals surface area contributed by atoms with Crippen molar-refractivity contribution in [2.24, 2.45) is 0 Å². The van der Waals surface area contributed by atoms with E-state index in [0.29, 0.717) is 17.4 Å². The van der Waals surface area contributed by atoms with Crippen molar-refractivity contribution in [3.63, 3.8) is 0 Å². The van der Waals surface area contributed by atoms with Crippen molar-refractivity contribution in [2.75, 3.05) is 12.4 Å². The molecule has 0 aromatic heterocycles. The maximum atomic E-state index is 11.5. The van der Waals surface area contributed by atoms with Gasteiger partial charge in [0.25, 0.3) is 0 Å². The largest absolute Gasteiger partial charge is 0.331 e. The predicted molar refractivity (Wildman–Crippen MR) is 66.3 cm³/mol. The van der Waals surface area contributed by atoms with Gasteiger partial charge in [-0.15, -0.1) is 23.2 Å². The Balaban J connectivity index is 2.19. The molecule has 2 rings (SSSR count). The summed E-state index contributed by atoms with van der Waals surface area (Å²) in [6, 6.07) is 7.28. The maximum absolute atomic E-state index is 11.5. The van der Waals surface area contributed by atoms with Crippen molar-refractivity contribution < 1.29 is 4.79 Å². The third kappa shape index (κ3) is 2.02. The first-order valence-corrected chi connectivity index (χ1v) is 6.26. The van der Waals surface area contributed by atoms with Crippen molar-refractivity contribution >= 4 is 40.7 Å². The Morgan fingerprint density at radius 1 is 1.25 bits per heavy atom. The number of β-lactam (4-membered cyclic amide) rings is 1. The summed E-state index contributed by atoms with van der Waals surface area (Å²) in [5.41, 5.74) is 0.995. The van der Waals surface area contributed by atoms with Crippen LogP contribution in [0.4, 0.5) is 0 Å². The molecule has 0 radical (unpaired) electrons. The van der Waals surface area contributed by atoms with Crippen LogP contribution in [0.15, 0.2) is 24.3 Å². The molecule has 0 aliphatic carbocycles. The molecule has 2 atom stereocenters. The van der Waals surface area contributed by atoms with Crippen molar-refractivity contribution in [3.05, 3.63) is 34.9 Å². The van der Waals surface area contributed by atoms with E-state index in [1.807, 2.05) is 12.1 Å². The van der Waals surface area contributed by atoms with Crippen LogP contribution >= 0.6 is 34.8 Å². The summed E-state index contributed by atoms with van der Waals surface area (Å²) in [5, 5.41) is 0.189. The van der Waals surface area contributed by atoms with E-state index in [1.54, 1.807) is 17.0 Å². The van der Waals surface area contributed by atoms with Crippen LogP contribution in [0.5, 0.6) is 0 Å². The van der Waals surface area contributed by atoms with E-state index in [1.165, 1.54) is 0 Å². The van der Waals surface area contributed by atoms with Crippen LogP contribution in [-0.2, 0) is 4.79 Å². The Morgan fingerprint density at radius 3 is 2.44 bits per heavy atom. The van der Waals surface area contributed by atoms with Crippen molar-refractivity contribution in [3.8, 4) is 0 Å². The predicted octanol–water partition coefficient (Wildman–Crippen LogP) is 3.07. The molecule has 5 heteroatoms. The lowest BCUT2D eigenvalue weighted by Gasteiger charge is -2.44. The molecule has 0 spiro atoms. The summed E-state index contributed by atoms with van der Waals surface area (Å²) in [7, 11) is 0. The van der Waals surface area contributed by atoms with Gasteiger partial charge in [-0.25, -0.2) is 0 Å². The van der Waals surface area contributed by atoms with Crippen molar-refractivity contribution in [2.45, 2.75) is 11.4 Å². The fourth-order valence-corrected chi connectivity index (χ4v) is 2.57. The highest BCUT2D eigenvalue weighted by Crippen LogP contribution is 2.38. The minimum absolute atomic E-state index is 0.0535. The summed E-state index contributed by atoms with van der Waals surface area (Å²) in [4.78, 5) is 13.2. The first-order valence-electron chi connectivity index (χ1n) is 4.91. The average Bonchev–Trinajstić information content (AvgIpc) is 2.30. The average molecular weight is 279 g/mol. The first-order chi connectivity index (χ1) is 7.65. The van der Waals surface area contributed by atoms with Gasteiger partial charge < -0.3 is 4.90 Å². The fraction of sp³-hybridized carbons (Fsp3) is 0.364. The van der Waals surface area contributed by atoms with Gasteiger partial charge >= 0.3 is 0 Å². The van der Waals surface area contributed by atoms with Gasteiger partial charge in [0.2, 0.25) is 5.91 Å². The number of halogens is 3. The molecule has 16 heavy (non-hydrogen) atoms. The van der Waals surface area contributed by atoms with Crippen LogP contribution in [0.1, 0.15) is 11.6 Å². The molecule has 2 nitrogen and oxygen atoms in total. The molecule has 1 fully saturated rings. The molecule has 1 heterocycles. The number of hydrogen-bond donors (Lipinski definition) is 0. The molecule has 0 unspecified atom stereocenters. The number of carbonyl (C=O) groups is 1. The Bertz CT molecular complexity index is 393. The number of alkyl halides is 2. The number of rotatable bonds is 3. The summed E-state index contributed by atoms with van der Waals surface area (Å²) in [6.07, 6.45) is 0. The summed E-state index contributed by atoms with van der Waals surface area (Å²) in [6.45, 7) is 0.525. The normalized spacial score (nSPS) is 24.4. The van der Waals surface area contributed by atoms with Gasteiger partial charge in [0, 0.05) is 17.4 Å². The lowest BCUT2D eigenvalue weighted by molar-refractivity contribution is -0.144. The number of amides is 1. The molecular weight excluding hydrogens is 268 g/mol. The van der Waals surface area contributed by atoms with E-state index in [0.717, 1.165) is 5.56 Å². The Labute approximate surface area is 109 Å². The Hall–Kier alpha value is -0.440. The van der Waals surface area contributed by atoms with E-state index in [9.17, 15) is 4.79 Å². The molecule has 1 aromatic carbocycles. The van der Waals surface area contributed by atoms with Crippen LogP contribution in [0, 0.1) is 0 Å². The summed E-state index contributed by atoms with van der Waals surface area (Å²) in [5.74, 6) is 0.363. The summed E-state index contributed by atoms with van der Waals surface area (Å²) >= 11 is 17.5. The van der Waals surface area contributed by atoms with Gasteiger partial charge in [0.15, 0.2) is 0 Å². The molecule has 1 aliphatic rings. The van der Waals surface area contributed by atoms with Gasteiger partial charge in [0.05, 0.1) is 6.04 Å². The zero-order chi connectivity index (χ0) is 11.7. The number of benzene rings is 1. The zero-order valence-corrected chi connectivity index (χ0v) is 10.6. The molecule has 0 bridgehead atoms. The Kier molecular flexibility index (Phi) is 3.63. The number of nitrogens with zero attached hydrogens (tertiary/aromatic N) is 1. The monoisotopic (exact) mass is 277 g/mol. The third-order valence-electron chi connectivity index (χ3n) is 2.67. The van der Waals surface area contributed by atoms with Crippen molar-refractivity contribution in [1.82, 2.24) is 4.90 Å². The molecule has 1 saturated heterocycles. The highest BCUT2D eigenvalue weighted by atomic mass is 35.5. The molecule has 1 aliphatic heterocycles. The molecule has 1 aromatic rings. The van der Waals surface area contributed by atoms with Crippen LogP contribution in [-0.4, -0.2) is 28.6 Å². The smallest absolute Gasteiger partial charge is 0.243 e. The zero-order valence-electron chi connectivity index (χ0n) is 8.37. The van der Waals surface area contributed by atoms with E-state index in [4.69, 9.17) is 34.8 Å². The second-order valence-electron chi connectivity index (χ2n) is 3.62. The van der Waals surface area contributed by atoms with Gasteiger partial charge in [0.1, 0.15) is 5.38 Å². The van der Waals surface area contributed by atoms with Gasteiger partial charge in [-0.1, -0.05) is 23.7 Å².